The number of aliphatic hydroxyl groups is 1. The molecule has 27 heavy (non-hydrogen) atoms. The molecule has 0 saturated carbocycles. The van der Waals surface area contributed by atoms with Crippen molar-refractivity contribution in [1.82, 2.24) is 10.2 Å². The van der Waals surface area contributed by atoms with Crippen molar-refractivity contribution >= 4 is 23.5 Å². The third-order valence-corrected chi connectivity index (χ3v) is 4.81. The fourth-order valence-electron chi connectivity index (χ4n) is 2.93. The molecular weight excluding hydrogens is 368 g/mol. The van der Waals surface area contributed by atoms with E-state index in [1.54, 1.807) is 31.2 Å². The number of hydrogen-bond donors (Lipinski definition) is 2. The summed E-state index contributed by atoms with van der Waals surface area (Å²) in [4.78, 5) is 26.2. The number of aliphatic hydroxyl groups excluding tert-OH is 1. The number of nitrogens with one attached hydrogen (secondary N) is 1. The van der Waals surface area contributed by atoms with E-state index >= 15 is 0 Å². The first-order chi connectivity index (χ1) is 12.8. The molecule has 2 N–H and O–H groups in total. The zero-order valence-corrected chi connectivity index (χ0v) is 15.9. The van der Waals surface area contributed by atoms with E-state index in [-0.39, 0.29) is 13.2 Å². The first kappa shape index (κ1) is 19.2. The SMILES string of the molecule is Cc1ccc(C2(C)NC(=O)N(CC(O)COc3ccc(Cl)cc3)C2=O)cc1. The number of β-amino-alcohol motifs (C(OH)–C–C–N with tert-alkyl or cyclic N) is 1. The van der Waals surface area contributed by atoms with E-state index < -0.39 is 23.6 Å². The summed E-state index contributed by atoms with van der Waals surface area (Å²) in [6, 6.07) is 13.6. The van der Waals surface area contributed by atoms with Gasteiger partial charge in [-0.25, -0.2) is 4.79 Å². The molecule has 2 unspecified atom stereocenters. The summed E-state index contributed by atoms with van der Waals surface area (Å²) in [7, 11) is 0. The van der Waals surface area contributed by atoms with Gasteiger partial charge in [0.25, 0.3) is 5.91 Å². The number of nitrogens with zero attached hydrogens (tertiary/aromatic N) is 1. The van der Waals surface area contributed by atoms with E-state index in [1.807, 2.05) is 31.2 Å². The van der Waals surface area contributed by atoms with E-state index in [2.05, 4.69) is 5.32 Å². The molecule has 1 fully saturated rings. The molecule has 6 nitrogen and oxygen atoms in total. The lowest BCUT2D eigenvalue weighted by atomic mass is 9.91. The van der Waals surface area contributed by atoms with E-state index in [1.165, 1.54) is 0 Å². The number of carbonyl (C=O) groups is 2. The van der Waals surface area contributed by atoms with Crippen LogP contribution in [0.3, 0.4) is 0 Å². The predicted octanol–water partition coefficient (Wildman–Crippen LogP) is 2.86. The smallest absolute Gasteiger partial charge is 0.325 e. The first-order valence-electron chi connectivity index (χ1n) is 8.57. The molecule has 3 amide bonds. The number of benzene rings is 2. The van der Waals surface area contributed by atoms with Crippen LogP contribution in [0.1, 0.15) is 18.1 Å². The number of rotatable bonds is 6. The number of ether oxygens (including phenoxy) is 1. The molecule has 142 valence electrons. The molecule has 0 aliphatic carbocycles. The lowest BCUT2D eigenvalue weighted by Gasteiger charge is -2.23. The van der Waals surface area contributed by atoms with Crippen molar-refractivity contribution in [2.75, 3.05) is 13.2 Å². The van der Waals surface area contributed by atoms with Gasteiger partial charge in [0.05, 0.1) is 6.54 Å². The largest absolute Gasteiger partial charge is 0.491 e. The van der Waals surface area contributed by atoms with Gasteiger partial charge in [0.15, 0.2) is 0 Å². The van der Waals surface area contributed by atoms with Gasteiger partial charge in [-0.15, -0.1) is 0 Å². The fourth-order valence-corrected chi connectivity index (χ4v) is 3.06. The number of urea groups is 1. The van der Waals surface area contributed by atoms with Crippen LogP contribution >= 0.6 is 11.6 Å². The highest BCUT2D eigenvalue weighted by atomic mass is 35.5. The Morgan fingerprint density at radius 3 is 2.41 bits per heavy atom. The fraction of sp³-hybridized carbons (Fsp3) is 0.300. The molecule has 1 aliphatic rings. The van der Waals surface area contributed by atoms with Crippen molar-refractivity contribution in [2.24, 2.45) is 0 Å². The van der Waals surface area contributed by atoms with Crippen molar-refractivity contribution in [2.45, 2.75) is 25.5 Å². The molecular formula is C20H21ClN2O4. The van der Waals surface area contributed by atoms with Crippen molar-refractivity contribution in [3.8, 4) is 5.75 Å². The normalized spacial score (nSPS) is 20.5. The van der Waals surface area contributed by atoms with Gasteiger partial charge >= 0.3 is 6.03 Å². The van der Waals surface area contributed by atoms with Crippen LogP contribution in [0, 0.1) is 6.92 Å². The summed E-state index contributed by atoms with van der Waals surface area (Å²) in [5.41, 5.74) is 0.605. The number of halogens is 1. The summed E-state index contributed by atoms with van der Waals surface area (Å²) in [6.07, 6.45) is -1.02. The molecule has 7 heteroatoms. The van der Waals surface area contributed by atoms with Gasteiger partial charge in [0.1, 0.15) is 24.0 Å². The van der Waals surface area contributed by atoms with Gasteiger partial charge < -0.3 is 15.2 Å². The maximum atomic E-state index is 12.8. The topological polar surface area (TPSA) is 78.9 Å². The molecule has 2 atom stereocenters. The maximum absolute atomic E-state index is 12.8. The maximum Gasteiger partial charge on any atom is 0.325 e. The van der Waals surface area contributed by atoms with E-state index in [4.69, 9.17) is 16.3 Å². The van der Waals surface area contributed by atoms with E-state index in [9.17, 15) is 14.7 Å². The van der Waals surface area contributed by atoms with Crippen LogP contribution in [0.2, 0.25) is 5.02 Å². The van der Waals surface area contributed by atoms with Crippen LogP contribution in [-0.2, 0) is 10.3 Å². The number of hydrogen-bond acceptors (Lipinski definition) is 4. The van der Waals surface area contributed by atoms with E-state index in [0.717, 1.165) is 10.5 Å². The average molecular weight is 389 g/mol. The molecule has 0 bridgehead atoms. The Morgan fingerprint density at radius 1 is 1.15 bits per heavy atom. The highest BCUT2D eigenvalue weighted by Gasteiger charge is 2.49. The molecule has 1 heterocycles. The van der Waals surface area contributed by atoms with Crippen LogP contribution in [0.25, 0.3) is 0 Å². The van der Waals surface area contributed by atoms with Gasteiger partial charge in [-0.1, -0.05) is 41.4 Å². The Balaban J connectivity index is 1.64. The second-order valence-electron chi connectivity index (χ2n) is 6.76. The summed E-state index contributed by atoms with van der Waals surface area (Å²) in [6.45, 7) is 3.40. The van der Waals surface area contributed by atoms with Gasteiger partial charge in [0, 0.05) is 5.02 Å². The second kappa shape index (κ2) is 7.58. The third kappa shape index (κ3) is 4.07. The lowest BCUT2D eigenvalue weighted by molar-refractivity contribution is -0.132. The molecule has 3 rings (SSSR count). The monoisotopic (exact) mass is 388 g/mol. The standard InChI is InChI=1S/C20H21ClN2O4/c1-13-3-5-14(6-4-13)20(2)18(25)23(19(26)22-20)11-16(24)12-27-17-9-7-15(21)8-10-17/h3-10,16,24H,11-12H2,1-2H3,(H,22,26). The first-order valence-corrected chi connectivity index (χ1v) is 8.95. The van der Waals surface area contributed by atoms with Crippen molar-refractivity contribution in [1.29, 1.82) is 0 Å². The molecule has 0 radical (unpaired) electrons. The Kier molecular flexibility index (Phi) is 5.39. The predicted molar refractivity (Wildman–Crippen MR) is 102 cm³/mol. The Bertz CT molecular complexity index is 838. The summed E-state index contributed by atoms with van der Waals surface area (Å²) >= 11 is 5.81. The third-order valence-electron chi connectivity index (χ3n) is 4.55. The van der Waals surface area contributed by atoms with Crippen molar-refractivity contribution in [3.05, 3.63) is 64.7 Å². The van der Waals surface area contributed by atoms with Gasteiger partial charge in [-0.2, -0.15) is 0 Å². The van der Waals surface area contributed by atoms with Crippen LogP contribution in [0.4, 0.5) is 4.79 Å². The van der Waals surface area contributed by atoms with Gasteiger partial charge in [-0.3, -0.25) is 9.69 Å². The van der Waals surface area contributed by atoms with Crippen LogP contribution in [0.5, 0.6) is 5.75 Å². The number of amides is 3. The summed E-state index contributed by atoms with van der Waals surface area (Å²) in [5.74, 6) is 0.141. The molecule has 0 spiro atoms. The zero-order valence-electron chi connectivity index (χ0n) is 15.1. The minimum atomic E-state index is -1.15. The lowest BCUT2D eigenvalue weighted by Crippen LogP contribution is -2.42. The minimum absolute atomic E-state index is 0.0556. The number of carbonyl (C=O) groups excluding carboxylic acids is 2. The van der Waals surface area contributed by atoms with Gasteiger partial charge in [-0.05, 0) is 43.7 Å². The Labute approximate surface area is 162 Å². The van der Waals surface area contributed by atoms with Gasteiger partial charge in [0.2, 0.25) is 0 Å². The Morgan fingerprint density at radius 2 is 1.78 bits per heavy atom. The minimum Gasteiger partial charge on any atom is -0.491 e. The van der Waals surface area contributed by atoms with Crippen LogP contribution in [-0.4, -0.2) is 41.2 Å². The molecule has 0 aromatic heterocycles. The van der Waals surface area contributed by atoms with Crippen molar-refractivity contribution in [3.63, 3.8) is 0 Å². The molecule has 1 aliphatic heterocycles. The quantitative estimate of drug-likeness (QED) is 0.746. The van der Waals surface area contributed by atoms with E-state index in [0.29, 0.717) is 16.3 Å². The van der Waals surface area contributed by atoms with Crippen molar-refractivity contribution < 1.29 is 19.4 Å². The van der Waals surface area contributed by atoms with Crippen LogP contribution in [0.15, 0.2) is 48.5 Å². The molecule has 2 aromatic rings. The average Bonchev–Trinajstić information content (AvgIpc) is 2.86. The van der Waals surface area contributed by atoms with Crippen LogP contribution < -0.4 is 10.1 Å². The summed E-state index contributed by atoms with van der Waals surface area (Å²) < 4.78 is 5.48. The summed E-state index contributed by atoms with van der Waals surface area (Å²) in [5, 5.41) is 13.5. The number of imide groups is 1. The molecule has 1 saturated heterocycles. The number of aryl methyl sites for hydroxylation is 1. The molecule has 2 aromatic carbocycles. The highest BCUT2D eigenvalue weighted by molar-refractivity contribution is 6.30. The zero-order chi connectivity index (χ0) is 19.6. The Hall–Kier alpha value is -2.57. The highest BCUT2D eigenvalue weighted by Crippen LogP contribution is 2.29. The second-order valence-corrected chi connectivity index (χ2v) is 7.19.